The molecule has 9 heteroatoms. The Hall–Kier alpha value is -3.59. The Labute approximate surface area is 189 Å². The highest BCUT2D eigenvalue weighted by Gasteiger charge is 2.31. The third kappa shape index (κ3) is 6.95. The van der Waals surface area contributed by atoms with Gasteiger partial charge in [-0.15, -0.1) is 13.2 Å². The lowest BCUT2D eigenvalue weighted by Gasteiger charge is -2.27. The van der Waals surface area contributed by atoms with Crippen LogP contribution in [0.4, 0.5) is 23.7 Å². The van der Waals surface area contributed by atoms with E-state index in [0.717, 1.165) is 34.5 Å². The van der Waals surface area contributed by atoms with Crippen LogP contribution in [0.5, 0.6) is 5.75 Å². The van der Waals surface area contributed by atoms with Gasteiger partial charge in [-0.05, 0) is 61.4 Å². The zero-order valence-corrected chi connectivity index (χ0v) is 18.1. The molecule has 0 saturated carbocycles. The summed E-state index contributed by atoms with van der Waals surface area (Å²) in [4.78, 5) is 18.8. The van der Waals surface area contributed by atoms with Crippen LogP contribution in [-0.2, 0) is 13.2 Å². The summed E-state index contributed by atoms with van der Waals surface area (Å²) in [6, 6.07) is 15.7. The number of anilines is 1. The third-order valence-electron chi connectivity index (χ3n) is 4.81. The molecule has 0 fully saturated rings. The van der Waals surface area contributed by atoms with E-state index >= 15 is 0 Å². The molecule has 0 spiro atoms. The van der Waals surface area contributed by atoms with Crippen molar-refractivity contribution >= 4 is 11.7 Å². The number of aromatic nitrogens is 1. The number of benzene rings is 2. The van der Waals surface area contributed by atoms with Gasteiger partial charge in [0.1, 0.15) is 5.75 Å². The molecular formula is C24H24F3N3O3. The number of hydrogen-bond acceptors (Lipinski definition) is 4. The molecule has 33 heavy (non-hydrogen) atoms. The number of nitrogens with zero attached hydrogens (tertiary/aromatic N) is 2. The standard InChI is InChI=1S/C24H24F3N3O3/c1-16(2)30(23(32)29-20-7-9-21(10-8-20)33-24(25,26)27)14-17-4-3-5-19(12-17)22-11-6-18(15-31)13-28-22/h3-13,16,31H,14-15H2,1-2H3,(H,29,32). The van der Waals surface area contributed by atoms with Gasteiger partial charge in [-0.2, -0.15) is 0 Å². The molecular weight excluding hydrogens is 435 g/mol. The number of aliphatic hydroxyl groups excluding tert-OH is 1. The van der Waals surface area contributed by atoms with Gasteiger partial charge in [0.15, 0.2) is 0 Å². The van der Waals surface area contributed by atoms with Gasteiger partial charge in [0.2, 0.25) is 0 Å². The summed E-state index contributed by atoms with van der Waals surface area (Å²) in [5.74, 6) is -0.362. The van der Waals surface area contributed by atoms with Crippen molar-refractivity contribution in [3.8, 4) is 17.0 Å². The Morgan fingerprint density at radius 3 is 2.39 bits per heavy atom. The lowest BCUT2D eigenvalue weighted by atomic mass is 10.1. The number of aliphatic hydroxyl groups is 1. The molecule has 6 nitrogen and oxygen atoms in total. The number of carbonyl (C=O) groups excluding carboxylic acids is 1. The molecule has 0 aliphatic heterocycles. The first-order chi connectivity index (χ1) is 15.6. The van der Waals surface area contributed by atoms with Crippen molar-refractivity contribution in [1.29, 1.82) is 0 Å². The minimum atomic E-state index is -4.77. The van der Waals surface area contributed by atoms with Crippen LogP contribution >= 0.6 is 0 Å². The maximum Gasteiger partial charge on any atom is 0.573 e. The zero-order chi connectivity index (χ0) is 24.0. The highest BCUT2D eigenvalue weighted by atomic mass is 19.4. The van der Waals surface area contributed by atoms with E-state index in [0.29, 0.717) is 12.2 Å². The van der Waals surface area contributed by atoms with E-state index in [-0.39, 0.29) is 24.4 Å². The highest BCUT2D eigenvalue weighted by Crippen LogP contribution is 2.25. The van der Waals surface area contributed by atoms with Crippen molar-refractivity contribution in [3.63, 3.8) is 0 Å². The number of pyridine rings is 1. The quantitative estimate of drug-likeness (QED) is 0.484. The number of amides is 2. The van der Waals surface area contributed by atoms with E-state index in [1.165, 1.54) is 12.1 Å². The van der Waals surface area contributed by atoms with Crippen LogP contribution in [0.15, 0.2) is 66.9 Å². The first-order valence-corrected chi connectivity index (χ1v) is 10.2. The Morgan fingerprint density at radius 2 is 1.82 bits per heavy atom. The number of halogens is 3. The second kappa shape index (κ2) is 10.4. The van der Waals surface area contributed by atoms with Crippen molar-refractivity contribution in [1.82, 2.24) is 9.88 Å². The zero-order valence-electron chi connectivity index (χ0n) is 18.1. The summed E-state index contributed by atoms with van der Waals surface area (Å²) in [5.41, 5.74) is 3.58. The topological polar surface area (TPSA) is 74.7 Å². The van der Waals surface area contributed by atoms with Gasteiger partial charge < -0.3 is 20.1 Å². The average molecular weight is 459 g/mol. The molecule has 0 radical (unpaired) electrons. The number of nitrogens with one attached hydrogen (secondary N) is 1. The molecule has 2 N–H and O–H groups in total. The number of carbonyl (C=O) groups is 1. The van der Waals surface area contributed by atoms with Crippen molar-refractivity contribution in [2.75, 3.05) is 5.32 Å². The van der Waals surface area contributed by atoms with Crippen LogP contribution in [0.25, 0.3) is 11.3 Å². The molecule has 3 aromatic rings. The van der Waals surface area contributed by atoms with Gasteiger partial charge in [0, 0.05) is 30.0 Å². The Morgan fingerprint density at radius 1 is 1.09 bits per heavy atom. The SMILES string of the molecule is CC(C)N(Cc1cccc(-c2ccc(CO)cn2)c1)C(=O)Nc1ccc(OC(F)(F)F)cc1. The normalized spacial score (nSPS) is 11.4. The van der Waals surface area contributed by atoms with Crippen LogP contribution < -0.4 is 10.1 Å². The Balaban J connectivity index is 1.70. The molecule has 0 unspecified atom stereocenters. The minimum absolute atomic E-state index is 0.0795. The van der Waals surface area contributed by atoms with E-state index in [1.807, 2.05) is 44.2 Å². The maximum absolute atomic E-state index is 12.9. The molecule has 2 aromatic carbocycles. The Bertz CT molecular complexity index is 1070. The van der Waals surface area contributed by atoms with Crippen LogP contribution in [0.2, 0.25) is 0 Å². The van der Waals surface area contributed by atoms with Crippen LogP contribution in [-0.4, -0.2) is 33.4 Å². The van der Waals surface area contributed by atoms with E-state index in [2.05, 4.69) is 15.0 Å². The van der Waals surface area contributed by atoms with Gasteiger partial charge in [0.25, 0.3) is 0 Å². The first-order valence-electron chi connectivity index (χ1n) is 10.2. The number of rotatable bonds is 7. The second-order valence-corrected chi connectivity index (χ2v) is 7.63. The van der Waals surface area contributed by atoms with Crippen molar-refractivity contribution < 1.29 is 27.8 Å². The molecule has 0 saturated heterocycles. The largest absolute Gasteiger partial charge is 0.573 e. The van der Waals surface area contributed by atoms with Crippen LogP contribution in [0.1, 0.15) is 25.0 Å². The fourth-order valence-electron chi connectivity index (χ4n) is 3.14. The molecule has 3 rings (SSSR count). The molecule has 0 bridgehead atoms. The third-order valence-corrected chi connectivity index (χ3v) is 4.81. The van der Waals surface area contributed by atoms with Crippen LogP contribution in [0.3, 0.4) is 0 Å². The van der Waals surface area contributed by atoms with Gasteiger partial charge in [-0.25, -0.2) is 4.79 Å². The Kier molecular flexibility index (Phi) is 7.55. The highest BCUT2D eigenvalue weighted by molar-refractivity contribution is 5.89. The first kappa shape index (κ1) is 24.1. The molecule has 0 atom stereocenters. The molecule has 1 aromatic heterocycles. The maximum atomic E-state index is 12.9. The summed E-state index contributed by atoms with van der Waals surface area (Å²) in [6.07, 6.45) is -3.16. The predicted octanol–water partition coefficient (Wildman–Crippen LogP) is 5.58. The van der Waals surface area contributed by atoms with Crippen molar-refractivity contribution in [2.45, 2.75) is 39.4 Å². The molecule has 0 aliphatic rings. The second-order valence-electron chi connectivity index (χ2n) is 7.63. The summed E-state index contributed by atoms with van der Waals surface area (Å²) < 4.78 is 40.8. The van der Waals surface area contributed by atoms with Gasteiger partial charge >= 0.3 is 12.4 Å². The van der Waals surface area contributed by atoms with E-state index in [4.69, 9.17) is 0 Å². The molecule has 174 valence electrons. The summed E-state index contributed by atoms with van der Waals surface area (Å²) in [6.45, 7) is 3.99. The fourth-order valence-corrected chi connectivity index (χ4v) is 3.14. The van der Waals surface area contributed by atoms with Gasteiger partial charge in [0.05, 0.1) is 12.3 Å². The smallest absolute Gasteiger partial charge is 0.406 e. The lowest BCUT2D eigenvalue weighted by Crippen LogP contribution is -2.39. The summed E-state index contributed by atoms with van der Waals surface area (Å²) in [5, 5.41) is 11.9. The number of ether oxygens (including phenoxy) is 1. The number of urea groups is 1. The lowest BCUT2D eigenvalue weighted by molar-refractivity contribution is -0.274. The predicted molar refractivity (Wildman–Crippen MR) is 118 cm³/mol. The number of hydrogen-bond donors (Lipinski definition) is 2. The minimum Gasteiger partial charge on any atom is -0.406 e. The van der Waals surface area contributed by atoms with Crippen LogP contribution in [0, 0.1) is 0 Å². The van der Waals surface area contributed by atoms with E-state index in [9.17, 15) is 23.1 Å². The average Bonchev–Trinajstić information content (AvgIpc) is 2.78. The monoisotopic (exact) mass is 459 g/mol. The number of alkyl halides is 3. The molecule has 0 aliphatic carbocycles. The van der Waals surface area contributed by atoms with Gasteiger partial charge in [-0.1, -0.05) is 24.3 Å². The van der Waals surface area contributed by atoms with Gasteiger partial charge in [-0.3, -0.25) is 4.98 Å². The van der Waals surface area contributed by atoms with Crippen molar-refractivity contribution in [3.05, 3.63) is 78.0 Å². The van der Waals surface area contributed by atoms with Crippen molar-refractivity contribution in [2.24, 2.45) is 0 Å². The molecule has 2 amide bonds. The van der Waals surface area contributed by atoms with E-state index in [1.54, 1.807) is 17.2 Å². The molecule has 1 heterocycles. The van der Waals surface area contributed by atoms with E-state index < -0.39 is 6.36 Å². The summed E-state index contributed by atoms with van der Waals surface area (Å²) in [7, 11) is 0. The summed E-state index contributed by atoms with van der Waals surface area (Å²) >= 11 is 0. The fraction of sp³-hybridized carbons (Fsp3) is 0.250.